The van der Waals surface area contributed by atoms with Gasteiger partial charge in [0.15, 0.2) is 0 Å². The summed E-state index contributed by atoms with van der Waals surface area (Å²) in [7, 11) is 0. The van der Waals surface area contributed by atoms with Gasteiger partial charge in [-0.05, 0) is 33.2 Å². The van der Waals surface area contributed by atoms with Gasteiger partial charge in [0.25, 0.3) is 0 Å². The van der Waals surface area contributed by atoms with Crippen molar-refractivity contribution >= 4 is 17.7 Å². The molecule has 1 fully saturated rings. The van der Waals surface area contributed by atoms with Crippen LogP contribution in [0.3, 0.4) is 0 Å². The Labute approximate surface area is 121 Å². The molecule has 19 heavy (non-hydrogen) atoms. The van der Waals surface area contributed by atoms with Crippen LogP contribution in [-0.2, 0) is 14.3 Å². The topological polar surface area (TPSA) is 47.6 Å². The van der Waals surface area contributed by atoms with Gasteiger partial charge in [0.05, 0.1) is 25.1 Å². The highest BCUT2D eigenvalue weighted by Crippen LogP contribution is 2.29. The minimum Gasteiger partial charge on any atom is -0.465 e. The average Bonchev–Trinajstić information content (AvgIpc) is 2.31. The van der Waals surface area contributed by atoms with Gasteiger partial charge < -0.3 is 14.8 Å². The van der Waals surface area contributed by atoms with Crippen molar-refractivity contribution in [3.8, 4) is 0 Å². The van der Waals surface area contributed by atoms with E-state index >= 15 is 0 Å². The minimum atomic E-state index is -0.580. The Morgan fingerprint density at radius 3 is 2.68 bits per heavy atom. The summed E-state index contributed by atoms with van der Waals surface area (Å²) < 4.78 is 10.4. The monoisotopic (exact) mass is 289 g/mol. The first-order valence-electron chi connectivity index (χ1n) is 7.17. The fourth-order valence-corrected chi connectivity index (χ4v) is 3.60. The Hall–Kier alpha value is -0.260. The number of ether oxygens (including phenoxy) is 2. The van der Waals surface area contributed by atoms with Crippen LogP contribution in [0.1, 0.15) is 40.5 Å². The van der Waals surface area contributed by atoms with Crippen LogP contribution in [-0.4, -0.2) is 48.4 Å². The van der Waals surface area contributed by atoms with Gasteiger partial charge in [-0.3, -0.25) is 4.79 Å². The molecule has 1 aliphatic rings. The van der Waals surface area contributed by atoms with E-state index in [-0.39, 0.29) is 5.97 Å². The highest BCUT2D eigenvalue weighted by atomic mass is 32.2. The predicted molar refractivity (Wildman–Crippen MR) is 79.6 cm³/mol. The van der Waals surface area contributed by atoms with E-state index in [1.807, 2.05) is 25.6 Å². The maximum absolute atomic E-state index is 12.2. The predicted octanol–water partition coefficient (Wildman–Crippen LogP) is 2.22. The van der Waals surface area contributed by atoms with Gasteiger partial charge in [-0.15, -0.1) is 0 Å². The Balaban J connectivity index is 2.52. The summed E-state index contributed by atoms with van der Waals surface area (Å²) in [6, 6.07) is 0. The first-order chi connectivity index (χ1) is 9.01. The molecule has 2 unspecified atom stereocenters. The molecule has 4 nitrogen and oxygen atoms in total. The van der Waals surface area contributed by atoms with Crippen molar-refractivity contribution in [2.75, 3.05) is 26.4 Å². The molecule has 0 aromatic rings. The molecule has 1 heterocycles. The van der Waals surface area contributed by atoms with Crippen molar-refractivity contribution in [1.29, 1.82) is 0 Å². The smallest absolute Gasteiger partial charge is 0.326 e. The lowest BCUT2D eigenvalue weighted by atomic mass is 9.96. The zero-order chi connectivity index (χ0) is 14.3. The van der Waals surface area contributed by atoms with E-state index in [1.165, 1.54) is 0 Å². The molecule has 1 rings (SSSR count). The van der Waals surface area contributed by atoms with Crippen LogP contribution in [0.4, 0.5) is 0 Å². The fourth-order valence-electron chi connectivity index (χ4n) is 2.16. The number of rotatable bonds is 9. The summed E-state index contributed by atoms with van der Waals surface area (Å²) in [6.07, 6.45) is 1.79. The van der Waals surface area contributed by atoms with Crippen molar-refractivity contribution in [2.24, 2.45) is 0 Å². The SMILES string of the molecule is CCCNC(C)(CC(C)SC1COC1)C(=O)OCC. The van der Waals surface area contributed by atoms with Crippen LogP contribution >= 0.6 is 11.8 Å². The number of carbonyl (C=O) groups is 1. The molecule has 0 bridgehead atoms. The lowest BCUT2D eigenvalue weighted by Gasteiger charge is -2.34. The number of esters is 1. The normalized spacial score (nSPS) is 20.4. The number of hydrogen-bond donors (Lipinski definition) is 1. The third-order valence-corrected chi connectivity index (χ3v) is 4.51. The van der Waals surface area contributed by atoms with Crippen molar-refractivity contribution in [3.05, 3.63) is 0 Å². The second kappa shape index (κ2) is 8.12. The summed E-state index contributed by atoms with van der Waals surface area (Å²) in [4.78, 5) is 12.2. The van der Waals surface area contributed by atoms with E-state index < -0.39 is 5.54 Å². The first-order valence-corrected chi connectivity index (χ1v) is 8.11. The Morgan fingerprint density at radius 1 is 1.53 bits per heavy atom. The third-order valence-electron chi connectivity index (χ3n) is 3.22. The largest absolute Gasteiger partial charge is 0.465 e. The zero-order valence-corrected chi connectivity index (χ0v) is 13.3. The Bertz CT molecular complexity index is 284. The summed E-state index contributed by atoms with van der Waals surface area (Å²) in [5, 5.41) is 4.35. The lowest BCUT2D eigenvalue weighted by molar-refractivity contribution is -0.150. The second-order valence-corrected chi connectivity index (χ2v) is 7.03. The van der Waals surface area contributed by atoms with E-state index in [9.17, 15) is 4.79 Å². The maximum Gasteiger partial charge on any atom is 0.326 e. The first kappa shape index (κ1) is 16.8. The van der Waals surface area contributed by atoms with Gasteiger partial charge in [-0.25, -0.2) is 0 Å². The lowest BCUT2D eigenvalue weighted by Crippen LogP contribution is -2.52. The quantitative estimate of drug-likeness (QED) is 0.660. The molecule has 2 atom stereocenters. The standard InChI is InChI=1S/C14H27NO3S/c1-5-7-15-14(4,13(16)18-6-2)8-11(3)19-12-9-17-10-12/h11-12,15H,5-10H2,1-4H3. The van der Waals surface area contributed by atoms with Crippen LogP contribution in [0, 0.1) is 0 Å². The molecule has 0 radical (unpaired) electrons. The maximum atomic E-state index is 12.2. The summed E-state index contributed by atoms with van der Waals surface area (Å²) in [5.41, 5.74) is -0.580. The molecule has 0 aromatic carbocycles. The molecule has 1 N–H and O–H groups in total. The van der Waals surface area contributed by atoms with E-state index in [2.05, 4.69) is 19.2 Å². The van der Waals surface area contributed by atoms with Gasteiger partial charge in [-0.1, -0.05) is 13.8 Å². The molecule has 1 saturated heterocycles. The van der Waals surface area contributed by atoms with Crippen LogP contribution < -0.4 is 5.32 Å². The van der Waals surface area contributed by atoms with Gasteiger partial charge >= 0.3 is 5.97 Å². The molecule has 0 amide bonds. The fraction of sp³-hybridized carbons (Fsp3) is 0.929. The van der Waals surface area contributed by atoms with E-state index in [4.69, 9.17) is 9.47 Å². The molecule has 0 aliphatic carbocycles. The van der Waals surface area contributed by atoms with Gasteiger partial charge in [0.2, 0.25) is 0 Å². The second-order valence-electron chi connectivity index (χ2n) is 5.29. The number of carbonyl (C=O) groups excluding carboxylic acids is 1. The number of hydrogen-bond acceptors (Lipinski definition) is 5. The Kier molecular flexibility index (Phi) is 7.18. The van der Waals surface area contributed by atoms with E-state index in [0.29, 0.717) is 17.1 Å². The molecule has 0 saturated carbocycles. The molecule has 112 valence electrons. The van der Waals surface area contributed by atoms with E-state index in [1.54, 1.807) is 0 Å². The van der Waals surface area contributed by atoms with Gasteiger partial charge in [0.1, 0.15) is 5.54 Å². The average molecular weight is 289 g/mol. The van der Waals surface area contributed by atoms with Crippen LogP contribution in [0.2, 0.25) is 0 Å². The molecule has 5 heteroatoms. The molecule has 0 aromatic heterocycles. The van der Waals surface area contributed by atoms with Crippen molar-refractivity contribution in [3.63, 3.8) is 0 Å². The Morgan fingerprint density at radius 2 is 2.21 bits per heavy atom. The summed E-state index contributed by atoms with van der Waals surface area (Å²) in [5.74, 6) is -0.138. The molecular formula is C14H27NO3S. The summed E-state index contributed by atoms with van der Waals surface area (Å²) in [6.45, 7) is 11.0. The highest BCUT2D eigenvalue weighted by Gasteiger charge is 2.36. The van der Waals surface area contributed by atoms with Crippen LogP contribution in [0.5, 0.6) is 0 Å². The number of thioether (sulfide) groups is 1. The minimum absolute atomic E-state index is 0.138. The summed E-state index contributed by atoms with van der Waals surface area (Å²) >= 11 is 1.91. The molecule has 1 aliphatic heterocycles. The van der Waals surface area contributed by atoms with Crippen molar-refractivity contribution in [2.45, 2.75) is 56.6 Å². The van der Waals surface area contributed by atoms with Gasteiger partial charge in [-0.2, -0.15) is 11.8 Å². The number of nitrogens with one attached hydrogen (secondary N) is 1. The van der Waals surface area contributed by atoms with Crippen molar-refractivity contribution < 1.29 is 14.3 Å². The van der Waals surface area contributed by atoms with Crippen LogP contribution in [0.25, 0.3) is 0 Å². The van der Waals surface area contributed by atoms with Crippen molar-refractivity contribution in [1.82, 2.24) is 5.32 Å². The molecular weight excluding hydrogens is 262 g/mol. The van der Waals surface area contributed by atoms with Crippen LogP contribution in [0.15, 0.2) is 0 Å². The molecule has 0 spiro atoms. The van der Waals surface area contributed by atoms with Gasteiger partial charge in [0, 0.05) is 5.25 Å². The van der Waals surface area contributed by atoms with E-state index in [0.717, 1.165) is 32.6 Å². The zero-order valence-electron chi connectivity index (χ0n) is 12.5. The third kappa shape index (κ3) is 5.32. The highest BCUT2D eigenvalue weighted by molar-refractivity contribution is 8.00.